The van der Waals surface area contributed by atoms with Crippen LogP contribution in [0.25, 0.3) is 10.4 Å². The van der Waals surface area contributed by atoms with Crippen LogP contribution in [-0.2, 0) is 6.42 Å². The lowest BCUT2D eigenvalue weighted by Gasteiger charge is -2.12. The van der Waals surface area contributed by atoms with Crippen LogP contribution in [0, 0.1) is 13.8 Å². The number of nitrogens with zero attached hydrogens (tertiary/aromatic N) is 1. The zero-order chi connectivity index (χ0) is 13.3. The molecular weight excluding hydrogens is 244 g/mol. The summed E-state index contributed by atoms with van der Waals surface area (Å²) in [6, 6.07) is 4.02. The normalized spacial score (nSPS) is 10.6. The number of aromatic nitrogens is 1. The van der Waals surface area contributed by atoms with Crippen LogP contribution in [0.4, 0.5) is 0 Å². The first-order valence-corrected chi connectivity index (χ1v) is 6.71. The SMILES string of the molecule is CCc1ccc(C)c(C(N)=O)c1-c1cnc(C)s1. The molecule has 1 amide bonds. The molecule has 0 saturated carbocycles. The van der Waals surface area contributed by atoms with Crippen LogP contribution in [-0.4, -0.2) is 10.9 Å². The van der Waals surface area contributed by atoms with Crippen molar-refractivity contribution in [2.24, 2.45) is 5.73 Å². The number of carbonyl (C=O) groups excluding carboxylic acids is 1. The molecule has 2 aromatic rings. The first kappa shape index (κ1) is 12.8. The van der Waals surface area contributed by atoms with E-state index in [2.05, 4.69) is 18.0 Å². The lowest BCUT2D eigenvalue weighted by Crippen LogP contribution is -2.15. The highest BCUT2D eigenvalue weighted by Crippen LogP contribution is 2.34. The van der Waals surface area contributed by atoms with Gasteiger partial charge in [0.2, 0.25) is 5.91 Å². The number of nitrogens with two attached hydrogens (primary N) is 1. The molecule has 1 heterocycles. The van der Waals surface area contributed by atoms with E-state index in [1.54, 1.807) is 11.3 Å². The van der Waals surface area contributed by atoms with Gasteiger partial charge in [0, 0.05) is 11.8 Å². The molecule has 0 spiro atoms. The first-order valence-electron chi connectivity index (χ1n) is 5.89. The Labute approximate surface area is 111 Å². The molecule has 4 heteroatoms. The summed E-state index contributed by atoms with van der Waals surface area (Å²) in [4.78, 5) is 17.0. The first-order chi connectivity index (χ1) is 8.54. The third-order valence-electron chi connectivity index (χ3n) is 2.99. The zero-order valence-electron chi connectivity index (χ0n) is 10.8. The summed E-state index contributed by atoms with van der Waals surface area (Å²) in [7, 11) is 0. The Hall–Kier alpha value is -1.68. The lowest BCUT2D eigenvalue weighted by molar-refractivity contribution is 0.100. The second-order valence-electron chi connectivity index (χ2n) is 4.25. The van der Waals surface area contributed by atoms with Gasteiger partial charge in [0.05, 0.1) is 15.4 Å². The molecule has 0 aliphatic carbocycles. The maximum absolute atomic E-state index is 11.7. The van der Waals surface area contributed by atoms with E-state index in [4.69, 9.17) is 5.73 Å². The number of benzene rings is 1. The maximum Gasteiger partial charge on any atom is 0.249 e. The minimum atomic E-state index is -0.371. The Kier molecular flexibility index (Phi) is 3.48. The van der Waals surface area contributed by atoms with Crippen molar-refractivity contribution in [3.8, 4) is 10.4 Å². The molecule has 2 N–H and O–H groups in total. The number of hydrogen-bond acceptors (Lipinski definition) is 3. The van der Waals surface area contributed by atoms with Crippen LogP contribution < -0.4 is 5.73 Å². The minimum Gasteiger partial charge on any atom is -0.366 e. The predicted octanol–water partition coefficient (Wildman–Crippen LogP) is 3.09. The van der Waals surface area contributed by atoms with Gasteiger partial charge in [-0.1, -0.05) is 19.1 Å². The highest BCUT2D eigenvalue weighted by molar-refractivity contribution is 7.15. The van der Waals surface area contributed by atoms with Crippen LogP contribution in [0.3, 0.4) is 0 Å². The summed E-state index contributed by atoms with van der Waals surface area (Å²) in [5, 5.41) is 0.990. The van der Waals surface area contributed by atoms with Gasteiger partial charge in [-0.3, -0.25) is 4.79 Å². The molecule has 1 aromatic heterocycles. The number of primary amides is 1. The largest absolute Gasteiger partial charge is 0.366 e. The molecule has 0 aliphatic rings. The molecule has 94 valence electrons. The van der Waals surface area contributed by atoms with E-state index in [0.717, 1.165) is 33.0 Å². The Morgan fingerprint density at radius 3 is 2.61 bits per heavy atom. The summed E-state index contributed by atoms with van der Waals surface area (Å²) >= 11 is 1.59. The van der Waals surface area contributed by atoms with Gasteiger partial charge >= 0.3 is 0 Å². The van der Waals surface area contributed by atoms with E-state index >= 15 is 0 Å². The van der Waals surface area contributed by atoms with Gasteiger partial charge in [0.25, 0.3) is 0 Å². The van der Waals surface area contributed by atoms with Crippen molar-refractivity contribution in [1.82, 2.24) is 4.98 Å². The number of amides is 1. The molecule has 0 radical (unpaired) electrons. The van der Waals surface area contributed by atoms with Gasteiger partial charge in [-0.15, -0.1) is 11.3 Å². The van der Waals surface area contributed by atoms with Gasteiger partial charge in [0.15, 0.2) is 0 Å². The van der Waals surface area contributed by atoms with E-state index in [1.165, 1.54) is 0 Å². The second-order valence-corrected chi connectivity index (χ2v) is 5.49. The third-order valence-corrected chi connectivity index (χ3v) is 3.93. The van der Waals surface area contributed by atoms with E-state index in [9.17, 15) is 4.79 Å². The van der Waals surface area contributed by atoms with Crippen molar-refractivity contribution in [1.29, 1.82) is 0 Å². The molecule has 0 bridgehead atoms. The zero-order valence-corrected chi connectivity index (χ0v) is 11.6. The molecule has 18 heavy (non-hydrogen) atoms. The van der Waals surface area contributed by atoms with Gasteiger partial charge in [-0.05, 0) is 31.4 Å². The molecule has 2 rings (SSSR count). The number of rotatable bonds is 3. The van der Waals surface area contributed by atoms with Crippen LogP contribution in [0.2, 0.25) is 0 Å². The summed E-state index contributed by atoms with van der Waals surface area (Å²) in [5.74, 6) is -0.371. The van der Waals surface area contributed by atoms with Crippen molar-refractivity contribution in [2.45, 2.75) is 27.2 Å². The lowest BCUT2D eigenvalue weighted by atomic mass is 9.94. The van der Waals surface area contributed by atoms with Gasteiger partial charge < -0.3 is 5.73 Å². The van der Waals surface area contributed by atoms with E-state index < -0.39 is 0 Å². The van der Waals surface area contributed by atoms with Crippen molar-refractivity contribution >= 4 is 17.2 Å². The molecule has 3 nitrogen and oxygen atoms in total. The van der Waals surface area contributed by atoms with Crippen LogP contribution in [0.15, 0.2) is 18.3 Å². The number of thiazole rings is 1. The number of aryl methyl sites for hydroxylation is 3. The fourth-order valence-corrected chi connectivity index (χ4v) is 2.98. The topological polar surface area (TPSA) is 56.0 Å². The molecule has 0 unspecified atom stereocenters. The number of hydrogen-bond donors (Lipinski definition) is 1. The average molecular weight is 260 g/mol. The Morgan fingerprint density at radius 1 is 1.39 bits per heavy atom. The summed E-state index contributed by atoms with van der Waals surface area (Å²) in [6.07, 6.45) is 2.69. The summed E-state index contributed by atoms with van der Waals surface area (Å²) in [5.41, 5.74) is 9.16. The summed E-state index contributed by atoms with van der Waals surface area (Å²) < 4.78 is 0. The standard InChI is InChI=1S/C14H16N2OS/c1-4-10-6-5-8(2)12(14(15)17)13(10)11-7-16-9(3)18-11/h5-7H,4H2,1-3H3,(H2,15,17). The third kappa shape index (κ3) is 2.16. The quantitative estimate of drug-likeness (QED) is 0.922. The van der Waals surface area contributed by atoms with Crippen molar-refractivity contribution in [3.05, 3.63) is 40.0 Å². The highest BCUT2D eigenvalue weighted by atomic mass is 32.1. The van der Waals surface area contributed by atoms with Crippen LogP contribution in [0.5, 0.6) is 0 Å². The maximum atomic E-state index is 11.7. The Morgan fingerprint density at radius 2 is 2.11 bits per heavy atom. The Balaban J connectivity index is 2.76. The van der Waals surface area contributed by atoms with Gasteiger partial charge in [0.1, 0.15) is 0 Å². The van der Waals surface area contributed by atoms with Crippen molar-refractivity contribution in [2.75, 3.05) is 0 Å². The predicted molar refractivity (Wildman–Crippen MR) is 74.9 cm³/mol. The van der Waals surface area contributed by atoms with Crippen LogP contribution >= 0.6 is 11.3 Å². The molecule has 1 aromatic carbocycles. The molecule has 0 fully saturated rings. The fraction of sp³-hybridized carbons (Fsp3) is 0.286. The minimum absolute atomic E-state index is 0.371. The average Bonchev–Trinajstić information content (AvgIpc) is 2.74. The van der Waals surface area contributed by atoms with Crippen molar-refractivity contribution in [3.63, 3.8) is 0 Å². The van der Waals surface area contributed by atoms with Gasteiger partial charge in [-0.2, -0.15) is 0 Å². The molecule has 0 atom stereocenters. The Bertz CT molecular complexity index is 602. The van der Waals surface area contributed by atoms with Gasteiger partial charge in [-0.25, -0.2) is 4.98 Å². The van der Waals surface area contributed by atoms with E-state index in [0.29, 0.717) is 5.56 Å². The molecule has 0 saturated heterocycles. The molecular formula is C14H16N2OS. The summed E-state index contributed by atoms with van der Waals surface area (Å²) in [6.45, 7) is 5.95. The smallest absolute Gasteiger partial charge is 0.249 e. The number of carbonyl (C=O) groups is 1. The van der Waals surface area contributed by atoms with E-state index in [-0.39, 0.29) is 5.91 Å². The van der Waals surface area contributed by atoms with E-state index in [1.807, 2.05) is 26.1 Å². The highest BCUT2D eigenvalue weighted by Gasteiger charge is 2.18. The second kappa shape index (κ2) is 4.90. The fourth-order valence-electron chi connectivity index (χ4n) is 2.12. The monoisotopic (exact) mass is 260 g/mol. The van der Waals surface area contributed by atoms with Crippen LogP contribution in [0.1, 0.15) is 33.4 Å². The molecule has 0 aliphatic heterocycles. The van der Waals surface area contributed by atoms with Crippen molar-refractivity contribution < 1.29 is 4.79 Å².